The first kappa shape index (κ1) is 14.1. The van der Waals surface area contributed by atoms with E-state index in [1.54, 1.807) is 0 Å². The number of aryl methyl sites for hydroxylation is 1. The molecule has 0 saturated carbocycles. The molecule has 5 heteroatoms. The molecule has 0 aliphatic heterocycles. The van der Waals surface area contributed by atoms with Crippen molar-refractivity contribution in [1.82, 2.24) is 15.5 Å². The third-order valence-electron chi connectivity index (χ3n) is 3.51. The van der Waals surface area contributed by atoms with Crippen LogP contribution in [0.1, 0.15) is 54.9 Å². The zero-order valence-electron chi connectivity index (χ0n) is 11.7. The van der Waals surface area contributed by atoms with E-state index in [9.17, 15) is 9.90 Å². The van der Waals surface area contributed by atoms with Crippen molar-refractivity contribution < 1.29 is 9.90 Å². The molecule has 1 atom stereocenters. The number of nitrogens with one attached hydrogen (secondary N) is 2. The molecule has 1 aromatic heterocycles. The number of aliphatic hydroxyl groups excluding tert-OH is 1. The van der Waals surface area contributed by atoms with Crippen LogP contribution in [0.15, 0.2) is 0 Å². The van der Waals surface area contributed by atoms with Crippen molar-refractivity contribution in [2.24, 2.45) is 5.92 Å². The van der Waals surface area contributed by atoms with Gasteiger partial charge in [0.2, 0.25) is 0 Å². The molecule has 1 amide bonds. The number of aromatic nitrogens is 2. The van der Waals surface area contributed by atoms with Gasteiger partial charge in [-0.15, -0.1) is 0 Å². The molecule has 19 heavy (non-hydrogen) atoms. The number of amides is 1. The lowest BCUT2D eigenvalue weighted by atomic mass is 9.96. The zero-order chi connectivity index (χ0) is 13.8. The molecule has 106 valence electrons. The van der Waals surface area contributed by atoms with E-state index in [0.29, 0.717) is 24.6 Å². The van der Waals surface area contributed by atoms with Gasteiger partial charge in [-0.3, -0.25) is 9.89 Å². The molecule has 2 rings (SSSR count). The number of hydrogen-bond acceptors (Lipinski definition) is 3. The second kappa shape index (κ2) is 6.19. The minimum atomic E-state index is -0.487. The van der Waals surface area contributed by atoms with Crippen molar-refractivity contribution in [1.29, 1.82) is 0 Å². The van der Waals surface area contributed by atoms with E-state index in [1.165, 1.54) is 0 Å². The van der Waals surface area contributed by atoms with Crippen LogP contribution in [0.4, 0.5) is 0 Å². The lowest BCUT2D eigenvalue weighted by molar-refractivity contribution is 0.0894. The van der Waals surface area contributed by atoms with Crippen LogP contribution < -0.4 is 5.32 Å². The number of fused-ring (bicyclic) bond motifs is 1. The standard InChI is InChI=1S/C14H23N3O2/c1-9(2)7-10(18)8-15-14(19)13-11-5-3-4-6-12(11)16-17-13/h9-10,18H,3-8H2,1-2H3,(H,15,19)(H,16,17). The molecule has 5 nitrogen and oxygen atoms in total. The molecular formula is C14H23N3O2. The average Bonchev–Trinajstić information content (AvgIpc) is 2.79. The fraction of sp³-hybridized carbons (Fsp3) is 0.714. The largest absolute Gasteiger partial charge is 0.391 e. The summed E-state index contributed by atoms with van der Waals surface area (Å²) in [6.07, 6.45) is 4.37. The van der Waals surface area contributed by atoms with Gasteiger partial charge in [0.15, 0.2) is 5.69 Å². The van der Waals surface area contributed by atoms with E-state index in [2.05, 4.69) is 29.4 Å². The van der Waals surface area contributed by atoms with Gasteiger partial charge in [0.25, 0.3) is 5.91 Å². The number of carbonyl (C=O) groups is 1. The number of aromatic amines is 1. The van der Waals surface area contributed by atoms with Gasteiger partial charge >= 0.3 is 0 Å². The van der Waals surface area contributed by atoms with E-state index >= 15 is 0 Å². The molecule has 1 aromatic rings. The van der Waals surface area contributed by atoms with E-state index in [0.717, 1.165) is 36.9 Å². The molecule has 0 aromatic carbocycles. The molecule has 1 unspecified atom stereocenters. The maximum atomic E-state index is 12.1. The minimum Gasteiger partial charge on any atom is -0.391 e. The summed E-state index contributed by atoms with van der Waals surface area (Å²) in [6.45, 7) is 4.39. The van der Waals surface area contributed by atoms with E-state index in [-0.39, 0.29) is 5.91 Å². The summed E-state index contributed by atoms with van der Waals surface area (Å²) in [4.78, 5) is 12.1. The highest BCUT2D eigenvalue weighted by atomic mass is 16.3. The maximum Gasteiger partial charge on any atom is 0.272 e. The smallest absolute Gasteiger partial charge is 0.272 e. The molecule has 0 saturated heterocycles. The summed E-state index contributed by atoms with van der Waals surface area (Å²) in [5.74, 6) is 0.243. The van der Waals surface area contributed by atoms with Gasteiger partial charge in [-0.05, 0) is 38.0 Å². The lowest BCUT2D eigenvalue weighted by Crippen LogP contribution is -2.33. The van der Waals surface area contributed by atoms with Crippen LogP contribution in [0.25, 0.3) is 0 Å². The Balaban J connectivity index is 1.91. The number of nitrogens with zero attached hydrogens (tertiary/aromatic N) is 1. The Kier molecular flexibility index (Phi) is 4.58. The van der Waals surface area contributed by atoms with Gasteiger partial charge in [0.1, 0.15) is 0 Å². The van der Waals surface area contributed by atoms with Gasteiger partial charge in [0.05, 0.1) is 6.10 Å². The first-order valence-corrected chi connectivity index (χ1v) is 7.10. The molecule has 1 heterocycles. The van der Waals surface area contributed by atoms with Gasteiger partial charge in [0, 0.05) is 17.8 Å². The van der Waals surface area contributed by atoms with Crippen molar-refractivity contribution in [2.45, 2.75) is 52.1 Å². The highest BCUT2D eigenvalue weighted by Gasteiger charge is 2.21. The summed E-state index contributed by atoms with van der Waals surface area (Å²) >= 11 is 0. The Morgan fingerprint density at radius 1 is 1.42 bits per heavy atom. The minimum absolute atomic E-state index is 0.179. The van der Waals surface area contributed by atoms with Crippen LogP contribution in [0.5, 0.6) is 0 Å². The molecule has 1 aliphatic carbocycles. The van der Waals surface area contributed by atoms with E-state index < -0.39 is 6.10 Å². The van der Waals surface area contributed by atoms with Crippen LogP contribution in [0.2, 0.25) is 0 Å². The molecule has 1 aliphatic rings. The van der Waals surface area contributed by atoms with Crippen molar-refractivity contribution >= 4 is 5.91 Å². The Labute approximate surface area is 113 Å². The maximum absolute atomic E-state index is 12.1. The summed E-state index contributed by atoms with van der Waals surface area (Å²) in [6, 6.07) is 0. The van der Waals surface area contributed by atoms with E-state index in [1.807, 2.05) is 0 Å². The van der Waals surface area contributed by atoms with Crippen LogP contribution >= 0.6 is 0 Å². The number of rotatable bonds is 5. The van der Waals surface area contributed by atoms with Crippen molar-refractivity contribution in [3.8, 4) is 0 Å². The molecular weight excluding hydrogens is 242 g/mol. The van der Waals surface area contributed by atoms with Crippen LogP contribution in [0, 0.1) is 5.92 Å². The lowest BCUT2D eigenvalue weighted by Gasteiger charge is -2.14. The normalized spacial score (nSPS) is 16.2. The Hall–Kier alpha value is -1.36. The Morgan fingerprint density at radius 3 is 2.89 bits per heavy atom. The predicted molar refractivity (Wildman–Crippen MR) is 73.0 cm³/mol. The van der Waals surface area contributed by atoms with Crippen molar-refractivity contribution in [3.05, 3.63) is 17.0 Å². The third kappa shape index (κ3) is 3.56. The first-order valence-electron chi connectivity index (χ1n) is 7.10. The Bertz CT molecular complexity index is 440. The zero-order valence-corrected chi connectivity index (χ0v) is 11.7. The fourth-order valence-corrected chi connectivity index (χ4v) is 2.59. The second-order valence-electron chi connectivity index (χ2n) is 5.73. The fourth-order valence-electron chi connectivity index (χ4n) is 2.59. The third-order valence-corrected chi connectivity index (χ3v) is 3.51. The topological polar surface area (TPSA) is 78.0 Å². The predicted octanol–water partition coefficient (Wildman–Crippen LogP) is 1.43. The number of aliphatic hydroxyl groups is 1. The van der Waals surface area contributed by atoms with Gasteiger partial charge in [-0.2, -0.15) is 5.10 Å². The molecule has 0 fully saturated rings. The SMILES string of the molecule is CC(C)CC(O)CNC(=O)c1n[nH]c2c1CCCC2. The number of H-pyrrole nitrogens is 1. The quantitative estimate of drug-likeness (QED) is 0.753. The van der Waals surface area contributed by atoms with Gasteiger partial charge in [-0.25, -0.2) is 0 Å². The average molecular weight is 265 g/mol. The highest BCUT2D eigenvalue weighted by molar-refractivity contribution is 5.94. The van der Waals surface area contributed by atoms with E-state index in [4.69, 9.17) is 0 Å². The van der Waals surface area contributed by atoms with Crippen molar-refractivity contribution in [2.75, 3.05) is 6.54 Å². The summed E-state index contributed by atoms with van der Waals surface area (Å²) in [5.41, 5.74) is 2.66. The summed E-state index contributed by atoms with van der Waals surface area (Å²) in [5, 5.41) is 19.6. The first-order chi connectivity index (χ1) is 9.08. The van der Waals surface area contributed by atoms with Crippen LogP contribution in [-0.2, 0) is 12.8 Å². The molecule has 0 spiro atoms. The monoisotopic (exact) mass is 265 g/mol. The highest BCUT2D eigenvalue weighted by Crippen LogP contribution is 2.21. The number of carbonyl (C=O) groups excluding carboxylic acids is 1. The summed E-state index contributed by atoms with van der Waals surface area (Å²) < 4.78 is 0. The van der Waals surface area contributed by atoms with Crippen LogP contribution in [0.3, 0.4) is 0 Å². The molecule has 0 radical (unpaired) electrons. The summed E-state index contributed by atoms with van der Waals surface area (Å²) in [7, 11) is 0. The number of hydrogen-bond donors (Lipinski definition) is 3. The molecule has 0 bridgehead atoms. The van der Waals surface area contributed by atoms with Gasteiger partial charge in [-0.1, -0.05) is 13.8 Å². The van der Waals surface area contributed by atoms with Crippen LogP contribution in [-0.4, -0.2) is 33.9 Å². The molecule has 3 N–H and O–H groups in total. The Morgan fingerprint density at radius 2 is 2.16 bits per heavy atom. The second-order valence-corrected chi connectivity index (χ2v) is 5.73. The van der Waals surface area contributed by atoms with Crippen molar-refractivity contribution in [3.63, 3.8) is 0 Å². The van der Waals surface area contributed by atoms with Gasteiger partial charge < -0.3 is 10.4 Å².